The largest absolute Gasteiger partial charge is 0.377 e. The highest BCUT2D eigenvalue weighted by Crippen LogP contribution is 2.15. The number of carbonyl (C=O) groups is 1. The van der Waals surface area contributed by atoms with Crippen LogP contribution in [0.4, 0.5) is 0 Å². The van der Waals surface area contributed by atoms with E-state index in [2.05, 4.69) is 11.9 Å². The summed E-state index contributed by atoms with van der Waals surface area (Å²) in [5.74, 6) is 0.0438. The summed E-state index contributed by atoms with van der Waals surface area (Å²) in [5, 5.41) is 0. The zero-order chi connectivity index (χ0) is 13.0. The Morgan fingerprint density at radius 2 is 2.50 bits per heavy atom. The number of aromatic nitrogens is 1. The van der Waals surface area contributed by atoms with Gasteiger partial charge in [0.25, 0.3) is 5.91 Å². The van der Waals surface area contributed by atoms with Crippen molar-refractivity contribution in [3.63, 3.8) is 0 Å². The number of hydrogen-bond acceptors (Lipinski definition) is 4. The molecule has 1 aromatic rings. The number of pyridine rings is 1. The molecule has 1 amide bonds. The molecule has 1 saturated heterocycles. The second kappa shape index (κ2) is 5.93. The van der Waals surface area contributed by atoms with Crippen molar-refractivity contribution in [2.75, 3.05) is 19.8 Å². The minimum atomic E-state index is 0.0438. The highest BCUT2D eigenvalue weighted by atomic mass is 16.5. The van der Waals surface area contributed by atoms with Gasteiger partial charge in [-0.05, 0) is 18.6 Å². The molecule has 2 rings (SSSR count). The lowest BCUT2D eigenvalue weighted by Gasteiger charge is -2.35. The number of morpholine rings is 1. The Hall–Kier alpha value is -1.46. The van der Waals surface area contributed by atoms with Gasteiger partial charge >= 0.3 is 0 Å². The van der Waals surface area contributed by atoms with Gasteiger partial charge in [-0.2, -0.15) is 0 Å². The number of nitrogens with two attached hydrogens (primary N) is 1. The summed E-state index contributed by atoms with van der Waals surface area (Å²) in [6.07, 6.45) is 2.54. The first-order valence-corrected chi connectivity index (χ1v) is 6.30. The molecule has 2 N–H and O–H groups in total. The van der Waals surface area contributed by atoms with Crippen LogP contribution >= 0.6 is 0 Å². The zero-order valence-electron chi connectivity index (χ0n) is 10.6. The molecule has 1 atom stereocenters. The Bertz CT molecular complexity index is 422. The van der Waals surface area contributed by atoms with E-state index >= 15 is 0 Å². The third-order valence-electron chi connectivity index (χ3n) is 3.23. The van der Waals surface area contributed by atoms with E-state index in [-0.39, 0.29) is 11.9 Å². The number of nitrogens with zero attached hydrogens (tertiary/aromatic N) is 2. The third kappa shape index (κ3) is 2.68. The van der Waals surface area contributed by atoms with Crippen molar-refractivity contribution in [1.29, 1.82) is 0 Å². The van der Waals surface area contributed by atoms with E-state index in [1.165, 1.54) is 0 Å². The predicted molar refractivity (Wildman–Crippen MR) is 68.1 cm³/mol. The van der Waals surface area contributed by atoms with Crippen molar-refractivity contribution in [2.24, 2.45) is 5.73 Å². The molecular weight excluding hydrogens is 230 g/mol. The van der Waals surface area contributed by atoms with Gasteiger partial charge < -0.3 is 15.4 Å². The smallest absolute Gasteiger partial charge is 0.254 e. The van der Waals surface area contributed by atoms with Crippen LogP contribution in [0.2, 0.25) is 0 Å². The summed E-state index contributed by atoms with van der Waals surface area (Å²) in [5.41, 5.74) is 6.94. The van der Waals surface area contributed by atoms with Crippen LogP contribution in [0.25, 0.3) is 0 Å². The summed E-state index contributed by atoms with van der Waals surface area (Å²) >= 11 is 0. The van der Waals surface area contributed by atoms with Gasteiger partial charge in [0.05, 0.1) is 24.9 Å². The van der Waals surface area contributed by atoms with Crippen molar-refractivity contribution in [2.45, 2.75) is 25.9 Å². The van der Waals surface area contributed by atoms with Crippen LogP contribution in [0.3, 0.4) is 0 Å². The minimum absolute atomic E-state index is 0.0438. The first kappa shape index (κ1) is 13.0. The Morgan fingerprint density at radius 1 is 1.67 bits per heavy atom. The van der Waals surface area contributed by atoms with Crippen LogP contribution in [0, 0.1) is 0 Å². The lowest BCUT2D eigenvalue weighted by molar-refractivity contribution is -0.00280. The van der Waals surface area contributed by atoms with Crippen molar-refractivity contribution in [3.8, 4) is 0 Å². The van der Waals surface area contributed by atoms with Gasteiger partial charge in [0.1, 0.15) is 0 Å². The normalized spacial score (nSPS) is 19.9. The molecular formula is C13H19N3O2. The highest BCUT2D eigenvalue weighted by Gasteiger charge is 2.26. The van der Waals surface area contributed by atoms with Gasteiger partial charge in [-0.3, -0.25) is 9.78 Å². The van der Waals surface area contributed by atoms with E-state index in [1.54, 1.807) is 18.3 Å². The molecule has 0 spiro atoms. The van der Waals surface area contributed by atoms with E-state index in [1.807, 2.05) is 4.90 Å². The average Bonchev–Trinajstić information content (AvgIpc) is 2.46. The second-order valence-corrected chi connectivity index (χ2v) is 4.38. The monoisotopic (exact) mass is 249 g/mol. The molecule has 1 unspecified atom stereocenters. The molecule has 5 nitrogen and oxygen atoms in total. The molecule has 0 saturated carbocycles. The quantitative estimate of drug-likeness (QED) is 0.860. The van der Waals surface area contributed by atoms with Crippen LogP contribution in [-0.2, 0) is 11.3 Å². The highest BCUT2D eigenvalue weighted by molar-refractivity contribution is 5.94. The van der Waals surface area contributed by atoms with Crippen LogP contribution in [0.5, 0.6) is 0 Å². The maximum absolute atomic E-state index is 12.4. The van der Waals surface area contributed by atoms with Crippen LogP contribution < -0.4 is 5.73 Å². The summed E-state index contributed by atoms with van der Waals surface area (Å²) in [7, 11) is 0. The van der Waals surface area contributed by atoms with Gasteiger partial charge in [0, 0.05) is 24.8 Å². The van der Waals surface area contributed by atoms with E-state index in [4.69, 9.17) is 10.5 Å². The molecule has 18 heavy (non-hydrogen) atoms. The topological polar surface area (TPSA) is 68.5 Å². The molecule has 0 radical (unpaired) electrons. The van der Waals surface area contributed by atoms with Crippen molar-refractivity contribution in [3.05, 3.63) is 29.6 Å². The summed E-state index contributed by atoms with van der Waals surface area (Å²) < 4.78 is 5.41. The molecule has 1 aromatic heterocycles. The number of amides is 1. The molecule has 5 heteroatoms. The van der Waals surface area contributed by atoms with E-state index in [0.29, 0.717) is 31.9 Å². The third-order valence-corrected chi connectivity index (χ3v) is 3.23. The molecule has 0 aromatic carbocycles. The van der Waals surface area contributed by atoms with Gasteiger partial charge in [-0.25, -0.2) is 0 Å². The van der Waals surface area contributed by atoms with Crippen molar-refractivity contribution in [1.82, 2.24) is 9.88 Å². The number of ether oxygens (including phenoxy) is 1. The average molecular weight is 249 g/mol. The second-order valence-electron chi connectivity index (χ2n) is 4.38. The van der Waals surface area contributed by atoms with E-state index < -0.39 is 0 Å². The molecule has 1 fully saturated rings. The van der Waals surface area contributed by atoms with E-state index in [9.17, 15) is 4.79 Å². The number of rotatable bonds is 3. The van der Waals surface area contributed by atoms with Crippen molar-refractivity contribution < 1.29 is 9.53 Å². The maximum atomic E-state index is 12.4. The molecule has 1 aliphatic rings. The van der Waals surface area contributed by atoms with Crippen LogP contribution in [0.15, 0.2) is 18.3 Å². The van der Waals surface area contributed by atoms with Crippen LogP contribution in [0.1, 0.15) is 29.4 Å². The lowest BCUT2D eigenvalue weighted by atomic mass is 10.1. The van der Waals surface area contributed by atoms with Gasteiger partial charge in [-0.15, -0.1) is 0 Å². The Kier molecular flexibility index (Phi) is 4.28. The molecule has 1 aliphatic heterocycles. The van der Waals surface area contributed by atoms with E-state index in [0.717, 1.165) is 12.1 Å². The fourth-order valence-corrected chi connectivity index (χ4v) is 2.15. The Morgan fingerprint density at radius 3 is 3.22 bits per heavy atom. The van der Waals surface area contributed by atoms with Gasteiger partial charge in [0.2, 0.25) is 0 Å². The molecule has 0 bridgehead atoms. The van der Waals surface area contributed by atoms with Crippen molar-refractivity contribution >= 4 is 5.91 Å². The summed E-state index contributed by atoms with van der Waals surface area (Å²) in [6.45, 7) is 4.30. The standard InChI is InChI=1S/C13H19N3O2/c1-2-12-9-18-6-5-16(12)13(17)10-3-4-15-11(7-10)8-14/h3-4,7,12H,2,5-6,8-9,14H2,1H3. The number of hydrogen-bond donors (Lipinski definition) is 1. The zero-order valence-corrected chi connectivity index (χ0v) is 10.6. The predicted octanol–water partition coefficient (Wildman–Crippen LogP) is 0.791. The maximum Gasteiger partial charge on any atom is 0.254 e. The first-order chi connectivity index (χ1) is 8.76. The lowest BCUT2D eigenvalue weighted by Crippen LogP contribution is -2.48. The Balaban J connectivity index is 2.18. The first-order valence-electron chi connectivity index (χ1n) is 6.30. The van der Waals surface area contributed by atoms with Gasteiger partial charge in [0.15, 0.2) is 0 Å². The molecule has 2 heterocycles. The minimum Gasteiger partial charge on any atom is -0.377 e. The Labute approximate surface area is 107 Å². The van der Waals surface area contributed by atoms with Gasteiger partial charge in [-0.1, -0.05) is 6.92 Å². The molecule has 0 aliphatic carbocycles. The summed E-state index contributed by atoms with van der Waals surface area (Å²) in [4.78, 5) is 18.4. The fourth-order valence-electron chi connectivity index (χ4n) is 2.15. The SMILES string of the molecule is CCC1COCCN1C(=O)c1ccnc(CN)c1. The van der Waals surface area contributed by atoms with Crippen LogP contribution in [-0.4, -0.2) is 41.6 Å². The summed E-state index contributed by atoms with van der Waals surface area (Å²) in [6, 6.07) is 3.68. The number of carbonyl (C=O) groups excluding carboxylic acids is 1. The fraction of sp³-hybridized carbons (Fsp3) is 0.538. The molecule has 98 valence electrons.